The third kappa shape index (κ3) is 10.5. The van der Waals surface area contributed by atoms with Crippen LogP contribution in [0.1, 0.15) is 25.7 Å². The Morgan fingerprint density at radius 1 is 0.600 bits per heavy atom. The molecule has 1 rings (SSSR count). The zero-order valence-corrected chi connectivity index (χ0v) is 13.4. The smallest absolute Gasteiger partial charge is 0.0499 e. The van der Waals surface area contributed by atoms with E-state index >= 15 is 0 Å². The molecular formula is C14H34N6. The van der Waals surface area contributed by atoms with Crippen LogP contribution in [0.2, 0.25) is 0 Å². The lowest BCUT2D eigenvalue weighted by Crippen LogP contribution is -2.43. The lowest BCUT2D eigenvalue weighted by atomic mass is 10.2. The van der Waals surface area contributed by atoms with E-state index in [0.717, 1.165) is 52.9 Å². The monoisotopic (exact) mass is 286 g/mol. The minimum Gasteiger partial charge on any atom is -0.304 e. The SMILES string of the molecule is CN1CCNCNCN(C)CNCCCCCCNC1. The molecule has 0 atom stereocenters. The van der Waals surface area contributed by atoms with Crippen LogP contribution in [0, 0.1) is 0 Å². The van der Waals surface area contributed by atoms with Crippen LogP contribution in [0.15, 0.2) is 0 Å². The van der Waals surface area contributed by atoms with Gasteiger partial charge in [0.1, 0.15) is 0 Å². The van der Waals surface area contributed by atoms with Crippen LogP contribution in [-0.2, 0) is 0 Å². The molecule has 20 heavy (non-hydrogen) atoms. The van der Waals surface area contributed by atoms with Crippen LogP contribution in [0.5, 0.6) is 0 Å². The van der Waals surface area contributed by atoms with Gasteiger partial charge in [0.2, 0.25) is 0 Å². The van der Waals surface area contributed by atoms with E-state index in [4.69, 9.17) is 0 Å². The van der Waals surface area contributed by atoms with E-state index in [2.05, 4.69) is 45.2 Å². The van der Waals surface area contributed by atoms with Gasteiger partial charge in [-0.1, -0.05) is 12.8 Å². The lowest BCUT2D eigenvalue weighted by Gasteiger charge is -2.20. The molecule has 0 aliphatic carbocycles. The molecule has 0 aromatic heterocycles. The summed E-state index contributed by atoms with van der Waals surface area (Å²) in [7, 11) is 4.30. The Bertz CT molecular complexity index is 192. The van der Waals surface area contributed by atoms with Crippen LogP contribution in [0.4, 0.5) is 0 Å². The van der Waals surface area contributed by atoms with Crippen molar-refractivity contribution in [3.8, 4) is 0 Å². The van der Waals surface area contributed by atoms with Crippen LogP contribution in [-0.4, -0.2) is 76.7 Å². The zero-order valence-electron chi connectivity index (χ0n) is 13.4. The van der Waals surface area contributed by atoms with E-state index in [0.29, 0.717) is 0 Å². The largest absolute Gasteiger partial charge is 0.304 e. The number of likely N-dealkylation sites (N-methyl/N-ethyl adjacent to an activating group) is 1. The fraction of sp³-hybridized carbons (Fsp3) is 1.00. The third-order valence-electron chi connectivity index (χ3n) is 3.52. The van der Waals surface area contributed by atoms with Gasteiger partial charge in [0.05, 0.1) is 0 Å². The molecule has 1 heterocycles. The van der Waals surface area contributed by atoms with Crippen molar-refractivity contribution >= 4 is 0 Å². The average molecular weight is 286 g/mol. The molecule has 0 saturated carbocycles. The highest BCUT2D eigenvalue weighted by Crippen LogP contribution is 1.97. The van der Waals surface area contributed by atoms with Crippen molar-refractivity contribution < 1.29 is 0 Å². The molecule has 1 fully saturated rings. The fourth-order valence-electron chi connectivity index (χ4n) is 2.22. The molecule has 0 spiro atoms. The Hall–Kier alpha value is -0.240. The summed E-state index contributed by atoms with van der Waals surface area (Å²) in [6, 6.07) is 0. The van der Waals surface area contributed by atoms with Gasteiger partial charge in [0.25, 0.3) is 0 Å². The Morgan fingerprint density at radius 2 is 1.20 bits per heavy atom. The molecule has 0 bridgehead atoms. The van der Waals surface area contributed by atoms with Crippen LogP contribution in [0.25, 0.3) is 0 Å². The van der Waals surface area contributed by atoms with E-state index in [-0.39, 0.29) is 0 Å². The highest BCUT2D eigenvalue weighted by molar-refractivity contribution is 4.56. The van der Waals surface area contributed by atoms with Gasteiger partial charge >= 0.3 is 0 Å². The Labute approximate surface area is 124 Å². The standard InChI is InChI=1S/C14H34N6/c1-19-10-9-15-11-18-14-20(2)13-17-8-6-4-3-5-7-16-12-19/h15-18H,3-14H2,1-2H3. The highest BCUT2D eigenvalue weighted by atomic mass is 15.3. The molecule has 4 N–H and O–H groups in total. The minimum absolute atomic E-state index is 0.867. The van der Waals surface area contributed by atoms with Gasteiger partial charge in [-0.05, 0) is 40.0 Å². The summed E-state index contributed by atoms with van der Waals surface area (Å²) in [6.07, 6.45) is 5.23. The number of rotatable bonds is 0. The van der Waals surface area contributed by atoms with E-state index in [9.17, 15) is 0 Å². The Kier molecular flexibility index (Phi) is 11.1. The maximum absolute atomic E-state index is 3.51. The minimum atomic E-state index is 0.867. The number of hydrogen-bond donors (Lipinski definition) is 4. The molecule has 120 valence electrons. The van der Waals surface area contributed by atoms with Crippen LogP contribution in [0.3, 0.4) is 0 Å². The molecule has 0 aromatic carbocycles. The number of hydrogen-bond acceptors (Lipinski definition) is 6. The molecule has 1 aliphatic heterocycles. The second-order valence-electron chi connectivity index (χ2n) is 5.75. The van der Waals surface area contributed by atoms with Crippen molar-refractivity contribution in [3.05, 3.63) is 0 Å². The number of nitrogens with zero attached hydrogens (tertiary/aromatic N) is 2. The van der Waals surface area contributed by atoms with Crippen LogP contribution < -0.4 is 21.3 Å². The lowest BCUT2D eigenvalue weighted by molar-refractivity contribution is 0.271. The van der Waals surface area contributed by atoms with E-state index in [1.54, 1.807) is 0 Å². The maximum atomic E-state index is 3.51. The third-order valence-corrected chi connectivity index (χ3v) is 3.52. The molecule has 6 nitrogen and oxygen atoms in total. The first kappa shape index (κ1) is 17.8. The second kappa shape index (κ2) is 12.5. The van der Waals surface area contributed by atoms with E-state index < -0.39 is 0 Å². The summed E-state index contributed by atoms with van der Waals surface area (Å²) < 4.78 is 0. The zero-order chi connectivity index (χ0) is 14.5. The average Bonchev–Trinajstić information content (AvgIpc) is 2.43. The van der Waals surface area contributed by atoms with E-state index in [1.807, 2.05) is 0 Å². The normalized spacial score (nSPS) is 24.9. The Balaban J connectivity index is 2.16. The summed E-state index contributed by atoms with van der Waals surface area (Å²) in [6.45, 7) is 8.08. The van der Waals surface area contributed by atoms with Gasteiger partial charge in [-0.25, -0.2) is 0 Å². The first-order chi connectivity index (χ1) is 9.79. The summed E-state index contributed by atoms with van der Waals surface area (Å²) in [5.41, 5.74) is 0. The van der Waals surface area contributed by atoms with Crippen molar-refractivity contribution in [1.82, 2.24) is 31.1 Å². The quantitative estimate of drug-likeness (QED) is 0.487. The van der Waals surface area contributed by atoms with Gasteiger partial charge < -0.3 is 16.0 Å². The molecule has 0 amide bonds. The summed E-state index contributed by atoms with van der Waals surface area (Å²) in [4.78, 5) is 4.59. The van der Waals surface area contributed by atoms with Gasteiger partial charge in [0, 0.05) is 39.8 Å². The topological polar surface area (TPSA) is 54.6 Å². The molecule has 0 aromatic rings. The number of nitrogens with one attached hydrogen (secondary N) is 4. The molecule has 1 aliphatic rings. The predicted molar refractivity (Wildman–Crippen MR) is 85.5 cm³/mol. The van der Waals surface area contributed by atoms with Crippen LogP contribution >= 0.6 is 0 Å². The second-order valence-corrected chi connectivity index (χ2v) is 5.75. The summed E-state index contributed by atoms with van der Waals surface area (Å²) in [5, 5.41) is 13.8. The predicted octanol–water partition coefficient (Wildman–Crippen LogP) is -0.388. The van der Waals surface area contributed by atoms with Gasteiger partial charge in [-0.2, -0.15) is 0 Å². The Morgan fingerprint density at radius 3 is 1.90 bits per heavy atom. The van der Waals surface area contributed by atoms with Gasteiger partial charge in [-0.15, -0.1) is 0 Å². The fourth-order valence-corrected chi connectivity index (χ4v) is 2.22. The maximum Gasteiger partial charge on any atom is 0.0499 e. The molecule has 1 saturated heterocycles. The van der Waals surface area contributed by atoms with Crippen molar-refractivity contribution in [2.24, 2.45) is 0 Å². The molecule has 6 heteroatoms. The van der Waals surface area contributed by atoms with Gasteiger partial charge in [-0.3, -0.25) is 15.1 Å². The first-order valence-electron chi connectivity index (χ1n) is 7.99. The molecule has 0 unspecified atom stereocenters. The van der Waals surface area contributed by atoms with Gasteiger partial charge in [0.15, 0.2) is 0 Å². The van der Waals surface area contributed by atoms with E-state index in [1.165, 1.54) is 25.7 Å². The van der Waals surface area contributed by atoms with Crippen molar-refractivity contribution in [2.75, 3.05) is 66.9 Å². The van der Waals surface area contributed by atoms with Crippen molar-refractivity contribution in [2.45, 2.75) is 25.7 Å². The highest BCUT2D eigenvalue weighted by Gasteiger charge is 1.99. The summed E-state index contributed by atoms with van der Waals surface area (Å²) in [5.74, 6) is 0. The molecule has 0 radical (unpaired) electrons. The van der Waals surface area contributed by atoms with Crippen molar-refractivity contribution in [1.29, 1.82) is 0 Å². The first-order valence-corrected chi connectivity index (χ1v) is 7.99. The van der Waals surface area contributed by atoms with Crippen molar-refractivity contribution in [3.63, 3.8) is 0 Å². The summed E-state index contributed by atoms with van der Waals surface area (Å²) >= 11 is 0. The molecular weight excluding hydrogens is 252 g/mol.